The molecule has 2 amide bonds. The Labute approximate surface area is 235 Å². The smallest absolute Gasteiger partial charge is 0.416 e. The minimum absolute atomic E-state index is 0.000768. The molecule has 216 valence electrons. The number of amides is 2. The second kappa shape index (κ2) is 14.3. The predicted octanol–water partition coefficient (Wildman–Crippen LogP) is 4.22. The molecule has 0 saturated carbocycles. The Morgan fingerprint density at radius 2 is 1.59 bits per heavy atom. The van der Waals surface area contributed by atoms with Crippen molar-refractivity contribution in [2.45, 2.75) is 19.2 Å². The van der Waals surface area contributed by atoms with E-state index in [0.29, 0.717) is 49.7 Å². The largest absolute Gasteiger partial charge is 0.484 e. The molecule has 0 bridgehead atoms. The molecule has 1 aliphatic heterocycles. The molecule has 41 heavy (non-hydrogen) atoms. The molecule has 1 heterocycles. The van der Waals surface area contributed by atoms with Crippen molar-refractivity contribution in [2.75, 3.05) is 39.5 Å². The summed E-state index contributed by atoms with van der Waals surface area (Å²) in [5.41, 5.74) is 2.17. The lowest BCUT2D eigenvalue weighted by molar-refractivity contribution is -0.137. The first-order valence-corrected chi connectivity index (χ1v) is 13.0. The number of morpholine rings is 1. The van der Waals surface area contributed by atoms with Gasteiger partial charge in [0.15, 0.2) is 6.61 Å². The molecule has 1 N–H and O–H groups in total. The van der Waals surface area contributed by atoms with Crippen LogP contribution in [0.25, 0.3) is 0 Å². The number of hydrogen-bond acceptors (Lipinski definition) is 6. The van der Waals surface area contributed by atoms with E-state index >= 15 is 0 Å². The Morgan fingerprint density at radius 3 is 2.24 bits per heavy atom. The molecule has 4 rings (SSSR count). The average molecular weight is 570 g/mol. The van der Waals surface area contributed by atoms with E-state index in [-0.39, 0.29) is 25.7 Å². The van der Waals surface area contributed by atoms with Crippen molar-refractivity contribution in [1.82, 2.24) is 10.2 Å². The second-order valence-corrected chi connectivity index (χ2v) is 9.25. The van der Waals surface area contributed by atoms with Crippen LogP contribution in [0.2, 0.25) is 0 Å². The molecule has 0 atom stereocenters. The minimum atomic E-state index is -4.40. The van der Waals surface area contributed by atoms with Crippen LogP contribution < -0.4 is 10.1 Å². The number of ether oxygens (including phenoxy) is 2. The number of alkyl halides is 3. The lowest BCUT2D eigenvalue weighted by atomic mass is 10.0. The Balaban J connectivity index is 1.33. The summed E-state index contributed by atoms with van der Waals surface area (Å²) in [6.07, 6.45) is -3.95. The molecular weight excluding hydrogens is 539 g/mol. The molecule has 0 spiro atoms. The van der Waals surface area contributed by atoms with Crippen LogP contribution in [0, 0.1) is 0 Å². The van der Waals surface area contributed by atoms with Gasteiger partial charge in [-0.1, -0.05) is 47.6 Å². The molecule has 0 aliphatic carbocycles. The number of carbonyl (C=O) groups is 2. The fourth-order valence-electron chi connectivity index (χ4n) is 3.99. The van der Waals surface area contributed by atoms with Crippen LogP contribution in [0.1, 0.15) is 22.3 Å². The van der Waals surface area contributed by atoms with Crippen molar-refractivity contribution in [3.05, 3.63) is 101 Å². The highest BCUT2D eigenvalue weighted by atomic mass is 19.4. The van der Waals surface area contributed by atoms with Crippen LogP contribution in [-0.2, 0) is 38.4 Å². The number of rotatable bonds is 11. The molecule has 3 aromatic rings. The maximum Gasteiger partial charge on any atom is 0.416 e. The van der Waals surface area contributed by atoms with E-state index < -0.39 is 17.6 Å². The van der Waals surface area contributed by atoms with Gasteiger partial charge in [-0.05, 0) is 53.1 Å². The van der Waals surface area contributed by atoms with Gasteiger partial charge in [0.05, 0.1) is 31.0 Å². The lowest BCUT2D eigenvalue weighted by Gasteiger charge is -2.26. The summed E-state index contributed by atoms with van der Waals surface area (Å²) in [6, 6.07) is 21.3. The van der Waals surface area contributed by atoms with Crippen molar-refractivity contribution in [1.29, 1.82) is 0 Å². The van der Waals surface area contributed by atoms with Gasteiger partial charge in [0.25, 0.3) is 5.91 Å². The van der Waals surface area contributed by atoms with Crippen molar-refractivity contribution >= 4 is 17.5 Å². The summed E-state index contributed by atoms with van der Waals surface area (Å²) in [6.45, 7) is 1.63. The van der Waals surface area contributed by atoms with E-state index in [1.165, 1.54) is 12.1 Å². The van der Waals surface area contributed by atoms with Gasteiger partial charge in [-0.25, -0.2) is 0 Å². The molecular formula is C30H30F3N3O5. The number of carbonyl (C=O) groups excluding carboxylic acids is 2. The Kier molecular flexibility index (Phi) is 10.3. The van der Waals surface area contributed by atoms with E-state index in [2.05, 4.69) is 10.5 Å². The van der Waals surface area contributed by atoms with E-state index in [1.807, 2.05) is 30.3 Å². The van der Waals surface area contributed by atoms with Crippen molar-refractivity contribution in [2.24, 2.45) is 5.16 Å². The SMILES string of the molecule is O=C(COc1ccc(/C(Cc2ccccc2)=N/OCc2ccc(C(F)(F)F)cc2)cc1)NCC(=O)N1CCOCC1. The fourth-order valence-corrected chi connectivity index (χ4v) is 3.99. The monoisotopic (exact) mass is 569 g/mol. The number of oxime groups is 1. The standard InChI is InChI=1S/C30H30F3N3O5/c31-30(32,33)25-10-6-23(7-11-25)20-41-35-27(18-22-4-2-1-3-5-22)24-8-12-26(13-9-24)40-21-28(37)34-19-29(38)36-14-16-39-17-15-36/h1-13H,14-21H2,(H,34,37)/b35-27+. The third-order valence-electron chi connectivity index (χ3n) is 6.26. The van der Waals surface area contributed by atoms with Gasteiger partial charge in [0.1, 0.15) is 12.4 Å². The summed E-state index contributed by atoms with van der Waals surface area (Å²) < 4.78 is 49.2. The Bertz CT molecular complexity index is 1310. The number of halogens is 3. The van der Waals surface area contributed by atoms with Gasteiger partial charge in [-0.3, -0.25) is 9.59 Å². The number of nitrogens with zero attached hydrogens (tertiary/aromatic N) is 2. The molecule has 0 radical (unpaired) electrons. The molecule has 1 saturated heterocycles. The average Bonchev–Trinajstić information content (AvgIpc) is 2.99. The zero-order chi connectivity index (χ0) is 29.1. The van der Waals surface area contributed by atoms with E-state index in [4.69, 9.17) is 14.3 Å². The third kappa shape index (κ3) is 9.35. The normalized spacial score (nSPS) is 13.9. The molecule has 11 heteroatoms. The van der Waals surface area contributed by atoms with Gasteiger partial charge in [-0.15, -0.1) is 0 Å². The summed E-state index contributed by atoms with van der Waals surface area (Å²) in [5.74, 6) is -0.136. The van der Waals surface area contributed by atoms with E-state index in [9.17, 15) is 22.8 Å². The fraction of sp³-hybridized carbons (Fsp3) is 0.300. The first kappa shape index (κ1) is 29.6. The highest BCUT2D eigenvalue weighted by molar-refractivity contribution is 6.01. The quantitative estimate of drug-likeness (QED) is 0.276. The van der Waals surface area contributed by atoms with Gasteiger partial charge in [-0.2, -0.15) is 13.2 Å². The van der Waals surface area contributed by atoms with Gasteiger partial charge in [0, 0.05) is 19.5 Å². The highest BCUT2D eigenvalue weighted by Gasteiger charge is 2.29. The van der Waals surface area contributed by atoms with Crippen LogP contribution in [0.15, 0.2) is 84.0 Å². The van der Waals surface area contributed by atoms with Gasteiger partial charge < -0.3 is 24.5 Å². The Morgan fingerprint density at radius 1 is 0.902 bits per heavy atom. The van der Waals surface area contributed by atoms with Crippen LogP contribution in [0.4, 0.5) is 13.2 Å². The first-order chi connectivity index (χ1) is 19.8. The van der Waals surface area contributed by atoms with Crippen LogP contribution in [0.5, 0.6) is 5.75 Å². The van der Waals surface area contributed by atoms with Crippen molar-refractivity contribution in [3.8, 4) is 5.75 Å². The number of hydrogen-bond donors (Lipinski definition) is 1. The van der Waals surface area contributed by atoms with Crippen LogP contribution >= 0.6 is 0 Å². The van der Waals surface area contributed by atoms with Gasteiger partial charge in [0.2, 0.25) is 5.91 Å². The molecule has 0 aromatic heterocycles. The minimum Gasteiger partial charge on any atom is -0.484 e. The van der Waals surface area contributed by atoms with Crippen LogP contribution in [0.3, 0.4) is 0 Å². The van der Waals surface area contributed by atoms with Crippen molar-refractivity contribution < 1.29 is 37.1 Å². The lowest BCUT2D eigenvalue weighted by Crippen LogP contribution is -2.46. The summed E-state index contributed by atoms with van der Waals surface area (Å²) in [7, 11) is 0. The molecule has 3 aromatic carbocycles. The van der Waals surface area contributed by atoms with E-state index in [0.717, 1.165) is 23.3 Å². The summed E-state index contributed by atoms with van der Waals surface area (Å²) >= 11 is 0. The van der Waals surface area contributed by atoms with Crippen LogP contribution in [-0.4, -0.2) is 61.9 Å². The number of benzene rings is 3. The highest BCUT2D eigenvalue weighted by Crippen LogP contribution is 2.29. The topological polar surface area (TPSA) is 89.5 Å². The maximum absolute atomic E-state index is 12.8. The summed E-state index contributed by atoms with van der Waals surface area (Å²) in [4.78, 5) is 31.5. The molecule has 8 nitrogen and oxygen atoms in total. The van der Waals surface area contributed by atoms with E-state index in [1.54, 1.807) is 29.2 Å². The molecule has 0 unspecified atom stereocenters. The maximum atomic E-state index is 12.8. The Hall–Kier alpha value is -4.38. The zero-order valence-corrected chi connectivity index (χ0v) is 22.2. The number of nitrogens with one attached hydrogen (secondary N) is 1. The first-order valence-electron chi connectivity index (χ1n) is 13.0. The molecule has 1 aliphatic rings. The predicted molar refractivity (Wildman–Crippen MR) is 145 cm³/mol. The summed E-state index contributed by atoms with van der Waals surface area (Å²) in [5, 5.41) is 6.85. The third-order valence-corrected chi connectivity index (χ3v) is 6.26. The zero-order valence-electron chi connectivity index (χ0n) is 22.2. The second-order valence-electron chi connectivity index (χ2n) is 9.25. The van der Waals surface area contributed by atoms with Crippen molar-refractivity contribution in [3.63, 3.8) is 0 Å². The molecule has 1 fully saturated rings. The van der Waals surface area contributed by atoms with Gasteiger partial charge >= 0.3 is 6.18 Å².